The minimum Gasteiger partial charge on any atom is -0.334 e. The molecule has 4 heteroatoms. The molecular weight excluding hydrogens is 204 g/mol. The van der Waals surface area contributed by atoms with E-state index < -0.39 is 0 Å². The lowest BCUT2D eigenvalue weighted by atomic mass is 10.1. The number of amides is 1. The van der Waals surface area contributed by atoms with Crippen molar-refractivity contribution >= 4 is 5.91 Å². The zero-order valence-corrected chi connectivity index (χ0v) is 9.17. The predicted octanol–water partition coefficient (Wildman–Crippen LogP) is 2.11. The monoisotopic (exact) mass is 218 g/mol. The summed E-state index contributed by atoms with van der Waals surface area (Å²) in [7, 11) is 0. The number of nitrogens with zero attached hydrogens (tertiary/aromatic N) is 2. The summed E-state index contributed by atoms with van der Waals surface area (Å²) in [5, 5.41) is 2.95. The van der Waals surface area contributed by atoms with E-state index in [-0.39, 0.29) is 24.4 Å². The first-order valence-electron chi connectivity index (χ1n) is 5.39. The first-order chi connectivity index (χ1) is 7.72. The van der Waals surface area contributed by atoms with Gasteiger partial charge in [-0.2, -0.15) is 4.91 Å². The highest BCUT2D eigenvalue weighted by molar-refractivity contribution is 5.79. The van der Waals surface area contributed by atoms with Crippen LogP contribution >= 0.6 is 0 Å². The van der Waals surface area contributed by atoms with Gasteiger partial charge >= 0.3 is 0 Å². The molecule has 1 unspecified atom stereocenters. The SMILES string of the molecule is C[C@@H](c1ccccc1)N1CC(N=O)CC1=O. The summed E-state index contributed by atoms with van der Waals surface area (Å²) in [4.78, 5) is 23.8. The predicted molar refractivity (Wildman–Crippen MR) is 60.8 cm³/mol. The Kier molecular flexibility index (Phi) is 2.99. The van der Waals surface area contributed by atoms with Crippen LogP contribution in [-0.4, -0.2) is 23.4 Å². The van der Waals surface area contributed by atoms with Crippen LogP contribution in [0.15, 0.2) is 35.5 Å². The van der Waals surface area contributed by atoms with Crippen LogP contribution < -0.4 is 0 Å². The number of benzene rings is 1. The highest BCUT2D eigenvalue weighted by atomic mass is 16.3. The molecule has 0 saturated carbocycles. The minimum absolute atomic E-state index is 0.0143. The van der Waals surface area contributed by atoms with Gasteiger partial charge in [-0.05, 0) is 12.5 Å². The quantitative estimate of drug-likeness (QED) is 0.729. The lowest BCUT2D eigenvalue weighted by Gasteiger charge is -2.24. The highest BCUT2D eigenvalue weighted by Gasteiger charge is 2.33. The summed E-state index contributed by atoms with van der Waals surface area (Å²) in [6, 6.07) is 9.44. The molecule has 0 spiro atoms. The molecular formula is C12H14N2O2. The van der Waals surface area contributed by atoms with E-state index in [2.05, 4.69) is 5.18 Å². The van der Waals surface area contributed by atoms with Crippen molar-refractivity contribution in [3.05, 3.63) is 40.8 Å². The van der Waals surface area contributed by atoms with E-state index in [1.54, 1.807) is 4.90 Å². The van der Waals surface area contributed by atoms with Gasteiger partial charge in [0.05, 0.1) is 12.5 Å². The Morgan fingerprint density at radius 2 is 2.06 bits per heavy atom. The molecule has 1 aliphatic rings. The van der Waals surface area contributed by atoms with Crippen molar-refractivity contribution in [2.24, 2.45) is 5.18 Å². The van der Waals surface area contributed by atoms with Gasteiger partial charge in [-0.1, -0.05) is 35.5 Å². The lowest BCUT2D eigenvalue weighted by molar-refractivity contribution is -0.129. The zero-order chi connectivity index (χ0) is 11.5. The summed E-state index contributed by atoms with van der Waals surface area (Å²) in [6.45, 7) is 2.42. The molecule has 1 aromatic carbocycles. The summed E-state index contributed by atoms with van der Waals surface area (Å²) in [5.74, 6) is 0.0148. The van der Waals surface area contributed by atoms with Crippen molar-refractivity contribution in [1.29, 1.82) is 0 Å². The molecule has 0 bridgehead atoms. The van der Waals surface area contributed by atoms with Gasteiger partial charge < -0.3 is 4.90 Å². The maximum atomic E-state index is 11.7. The molecule has 1 amide bonds. The number of nitroso groups, excluding NO2 is 1. The van der Waals surface area contributed by atoms with Crippen molar-refractivity contribution in [1.82, 2.24) is 4.90 Å². The first-order valence-corrected chi connectivity index (χ1v) is 5.39. The molecule has 1 aliphatic heterocycles. The van der Waals surface area contributed by atoms with Crippen LogP contribution in [0.2, 0.25) is 0 Å². The lowest BCUT2D eigenvalue weighted by Crippen LogP contribution is -2.28. The van der Waals surface area contributed by atoms with E-state index in [0.717, 1.165) is 5.56 Å². The number of hydrogen-bond donors (Lipinski definition) is 0. The van der Waals surface area contributed by atoms with Crippen molar-refractivity contribution in [2.75, 3.05) is 6.54 Å². The van der Waals surface area contributed by atoms with E-state index in [1.807, 2.05) is 37.3 Å². The van der Waals surface area contributed by atoms with Gasteiger partial charge in [0.25, 0.3) is 0 Å². The fourth-order valence-corrected chi connectivity index (χ4v) is 2.07. The molecule has 4 nitrogen and oxygen atoms in total. The Bertz CT molecular complexity index is 391. The molecule has 1 aromatic rings. The molecule has 2 atom stereocenters. The normalized spacial score (nSPS) is 22.2. The third kappa shape index (κ3) is 1.96. The third-order valence-corrected chi connectivity index (χ3v) is 3.04. The first kappa shape index (κ1) is 10.8. The van der Waals surface area contributed by atoms with Crippen molar-refractivity contribution in [3.8, 4) is 0 Å². The zero-order valence-electron chi connectivity index (χ0n) is 9.17. The van der Waals surface area contributed by atoms with Gasteiger partial charge in [0, 0.05) is 6.54 Å². The number of hydrogen-bond acceptors (Lipinski definition) is 3. The standard InChI is InChI=1S/C12H14N2O2/c1-9(10-5-3-2-4-6-10)14-8-11(13-16)7-12(14)15/h2-6,9,11H,7-8H2,1H3/t9-,11?/m0/s1. The number of carbonyl (C=O) groups excluding carboxylic acids is 1. The van der Waals surface area contributed by atoms with Crippen LogP contribution in [0.1, 0.15) is 24.9 Å². The Labute approximate surface area is 94.2 Å². The molecule has 1 heterocycles. The van der Waals surface area contributed by atoms with E-state index in [9.17, 15) is 9.70 Å². The Balaban J connectivity index is 2.14. The molecule has 0 N–H and O–H groups in total. The molecule has 0 radical (unpaired) electrons. The Morgan fingerprint density at radius 1 is 1.38 bits per heavy atom. The summed E-state index contributed by atoms with van der Waals surface area (Å²) in [5.41, 5.74) is 1.09. The molecule has 2 rings (SSSR count). The molecule has 16 heavy (non-hydrogen) atoms. The number of carbonyl (C=O) groups is 1. The average molecular weight is 218 g/mol. The fourth-order valence-electron chi connectivity index (χ4n) is 2.07. The van der Waals surface area contributed by atoms with Gasteiger partial charge in [-0.3, -0.25) is 4.79 Å². The van der Waals surface area contributed by atoms with Crippen LogP contribution in [0.5, 0.6) is 0 Å². The van der Waals surface area contributed by atoms with E-state index in [0.29, 0.717) is 6.54 Å². The second-order valence-corrected chi connectivity index (χ2v) is 4.10. The van der Waals surface area contributed by atoms with Gasteiger partial charge in [-0.15, -0.1) is 0 Å². The largest absolute Gasteiger partial charge is 0.334 e. The van der Waals surface area contributed by atoms with E-state index in [4.69, 9.17) is 0 Å². The fraction of sp³-hybridized carbons (Fsp3) is 0.417. The molecule has 1 fully saturated rings. The molecule has 1 saturated heterocycles. The average Bonchev–Trinajstić information content (AvgIpc) is 2.71. The van der Waals surface area contributed by atoms with Crippen molar-refractivity contribution in [3.63, 3.8) is 0 Å². The topological polar surface area (TPSA) is 49.7 Å². The second kappa shape index (κ2) is 4.43. The minimum atomic E-state index is -0.376. The third-order valence-electron chi connectivity index (χ3n) is 3.04. The van der Waals surface area contributed by atoms with Crippen LogP contribution in [0.3, 0.4) is 0 Å². The summed E-state index contributed by atoms with van der Waals surface area (Å²) < 4.78 is 0. The van der Waals surface area contributed by atoms with E-state index in [1.165, 1.54) is 0 Å². The maximum absolute atomic E-state index is 11.7. The Morgan fingerprint density at radius 3 is 2.62 bits per heavy atom. The summed E-state index contributed by atoms with van der Waals surface area (Å²) >= 11 is 0. The summed E-state index contributed by atoms with van der Waals surface area (Å²) in [6.07, 6.45) is 0.251. The number of rotatable bonds is 3. The smallest absolute Gasteiger partial charge is 0.225 e. The van der Waals surface area contributed by atoms with Crippen molar-refractivity contribution < 1.29 is 4.79 Å². The second-order valence-electron chi connectivity index (χ2n) is 4.10. The van der Waals surface area contributed by atoms with Crippen LogP contribution in [0.25, 0.3) is 0 Å². The molecule has 0 aliphatic carbocycles. The van der Waals surface area contributed by atoms with Gasteiger partial charge in [0.1, 0.15) is 6.04 Å². The van der Waals surface area contributed by atoms with Crippen molar-refractivity contribution in [2.45, 2.75) is 25.4 Å². The maximum Gasteiger partial charge on any atom is 0.225 e. The van der Waals surface area contributed by atoms with Gasteiger partial charge in [-0.25, -0.2) is 0 Å². The molecule has 0 aromatic heterocycles. The highest BCUT2D eigenvalue weighted by Crippen LogP contribution is 2.26. The van der Waals surface area contributed by atoms with E-state index >= 15 is 0 Å². The van der Waals surface area contributed by atoms with Crippen LogP contribution in [-0.2, 0) is 4.79 Å². The van der Waals surface area contributed by atoms with Crippen LogP contribution in [0, 0.1) is 4.91 Å². The number of likely N-dealkylation sites (tertiary alicyclic amines) is 1. The molecule has 84 valence electrons. The van der Waals surface area contributed by atoms with Gasteiger partial charge in [0.15, 0.2) is 0 Å². The van der Waals surface area contributed by atoms with Gasteiger partial charge in [0.2, 0.25) is 5.91 Å². The van der Waals surface area contributed by atoms with Crippen LogP contribution in [0.4, 0.5) is 0 Å². The Hall–Kier alpha value is -1.71.